The van der Waals surface area contributed by atoms with Gasteiger partial charge in [0.25, 0.3) is 0 Å². The van der Waals surface area contributed by atoms with E-state index in [9.17, 15) is 4.79 Å². The lowest BCUT2D eigenvalue weighted by Gasteiger charge is -2.16. The van der Waals surface area contributed by atoms with Crippen LogP contribution in [0.15, 0.2) is 17.2 Å². The highest BCUT2D eigenvalue weighted by molar-refractivity contribution is 14.1. The van der Waals surface area contributed by atoms with Gasteiger partial charge in [-0.3, -0.25) is 4.79 Å². The van der Waals surface area contributed by atoms with Gasteiger partial charge >= 0.3 is 0 Å². The molecular weight excluding hydrogens is 371 g/mol. The van der Waals surface area contributed by atoms with Crippen LogP contribution >= 0.6 is 22.6 Å². The lowest BCUT2D eigenvalue weighted by atomic mass is 10.2. The van der Waals surface area contributed by atoms with Crippen molar-refractivity contribution >= 4 is 34.7 Å². The van der Waals surface area contributed by atoms with E-state index in [0.717, 1.165) is 14.9 Å². The summed E-state index contributed by atoms with van der Waals surface area (Å²) in [7, 11) is 0. The van der Waals surface area contributed by atoms with Gasteiger partial charge in [-0.1, -0.05) is 0 Å². The van der Waals surface area contributed by atoms with Crippen molar-refractivity contribution in [1.29, 1.82) is 0 Å². The van der Waals surface area contributed by atoms with Gasteiger partial charge in [-0.25, -0.2) is 5.43 Å². The van der Waals surface area contributed by atoms with E-state index in [1.807, 2.05) is 32.9 Å². The van der Waals surface area contributed by atoms with Crippen LogP contribution in [0.4, 0.5) is 0 Å². The predicted octanol–water partition coefficient (Wildman–Crippen LogP) is 2.95. The number of hydrazone groups is 1. The second-order valence-corrected chi connectivity index (χ2v) is 5.52. The van der Waals surface area contributed by atoms with Crippen LogP contribution in [0, 0.1) is 3.57 Å². The largest absolute Gasteiger partial charge is 0.490 e. The standard InChI is InChI=1S/C14H19IN2O3/c1-5-19-13-7-11(8-16-17-10(4)18)6-12(15)14(13)20-9(2)3/h6-9H,5H2,1-4H3,(H,17,18)/b16-8-. The molecule has 0 aliphatic heterocycles. The molecule has 6 heteroatoms. The van der Waals surface area contributed by atoms with Crippen molar-refractivity contribution in [2.45, 2.75) is 33.8 Å². The summed E-state index contributed by atoms with van der Waals surface area (Å²) in [6.45, 7) is 7.82. The molecule has 0 radical (unpaired) electrons. The number of hydrogen-bond donors (Lipinski definition) is 1. The van der Waals surface area contributed by atoms with Crippen LogP contribution in [0.3, 0.4) is 0 Å². The molecule has 0 heterocycles. The van der Waals surface area contributed by atoms with E-state index in [4.69, 9.17) is 9.47 Å². The van der Waals surface area contributed by atoms with E-state index >= 15 is 0 Å². The maximum absolute atomic E-state index is 10.8. The van der Waals surface area contributed by atoms with E-state index < -0.39 is 0 Å². The molecule has 1 amide bonds. The third-order valence-corrected chi connectivity index (χ3v) is 2.92. The van der Waals surface area contributed by atoms with E-state index in [2.05, 4.69) is 33.1 Å². The summed E-state index contributed by atoms with van der Waals surface area (Å²) in [6.07, 6.45) is 1.65. The van der Waals surface area contributed by atoms with Gasteiger partial charge in [0.1, 0.15) is 0 Å². The van der Waals surface area contributed by atoms with Crippen molar-refractivity contribution in [2.24, 2.45) is 5.10 Å². The Morgan fingerprint density at radius 3 is 2.75 bits per heavy atom. The summed E-state index contributed by atoms with van der Waals surface area (Å²) in [4.78, 5) is 10.8. The summed E-state index contributed by atoms with van der Waals surface area (Å²) in [5, 5.41) is 3.85. The highest BCUT2D eigenvalue weighted by Gasteiger charge is 2.13. The van der Waals surface area contributed by atoms with Gasteiger partial charge in [-0.15, -0.1) is 0 Å². The first kappa shape index (κ1) is 16.7. The molecule has 5 nitrogen and oxygen atoms in total. The van der Waals surface area contributed by atoms with Crippen LogP contribution in [-0.2, 0) is 4.79 Å². The summed E-state index contributed by atoms with van der Waals surface area (Å²) < 4.78 is 12.3. The van der Waals surface area contributed by atoms with Gasteiger partial charge in [0.15, 0.2) is 11.5 Å². The minimum absolute atomic E-state index is 0.0709. The van der Waals surface area contributed by atoms with Crippen molar-refractivity contribution < 1.29 is 14.3 Å². The number of ether oxygens (including phenoxy) is 2. The summed E-state index contributed by atoms with van der Waals surface area (Å²) in [6, 6.07) is 3.76. The average molecular weight is 390 g/mol. The molecule has 0 aliphatic rings. The first-order valence-corrected chi connectivity index (χ1v) is 7.44. The summed E-state index contributed by atoms with van der Waals surface area (Å²) in [5.41, 5.74) is 3.20. The van der Waals surface area contributed by atoms with Crippen molar-refractivity contribution in [3.63, 3.8) is 0 Å². The number of benzene rings is 1. The van der Waals surface area contributed by atoms with Crippen LogP contribution < -0.4 is 14.9 Å². The van der Waals surface area contributed by atoms with Gasteiger partial charge in [0.05, 0.1) is 22.5 Å². The summed E-state index contributed by atoms with van der Waals surface area (Å²) >= 11 is 2.20. The normalized spacial score (nSPS) is 10.9. The van der Waals surface area contributed by atoms with Crippen LogP contribution in [0.5, 0.6) is 11.5 Å². The molecule has 1 aromatic rings. The van der Waals surface area contributed by atoms with E-state index in [0.29, 0.717) is 12.4 Å². The number of nitrogens with zero attached hydrogens (tertiary/aromatic N) is 1. The smallest absolute Gasteiger partial charge is 0.236 e. The fourth-order valence-corrected chi connectivity index (χ4v) is 2.23. The lowest BCUT2D eigenvalue weighted by Crippen LogP contribution is -2.12. The Bertz CT molecular complexity index is 501. The van der Waals surface area contributed by atoms with Crippen molar-refractivity contribution in [2.75, 3.05) is 6.61 Å². The van der Waals surface area contributed by atoms with E-state index in [1.165, 1.54) is 6.92 Å². The zero-order chi connectivity index (χ0) is 15.1. The molecule has 0 atom stereocenters. The molecule has 1 N–H and O–H groups in total. The third kappa shape index (κ3) is 5.36. The second-order valence-electron chi connectivity index (χ2n) is 4.36. The minimum atomic E-state index is -0.208. The molecule has 0 aromatic heterocycles. The van der Waals surface area contributed by atoms with Gasteiger partial charge in [-0.2, -0.15) is 5.10 Å². The molecular formula is C14H19IN2O3. The van der Waals surface area contributed by atoms with Crippen molar-refractivity contribution in [1.82, 2.24) is 5.43 Å². The van der Waals surface area contributed by atoms with E-state index in [-0.39, 0.29) is 12.0 Å². The van der Waals surface area contributed by atoms with Gasteiger partial charge < -0.3 is 9.47 Å². The van der Waals surface area contributed by atoms with Crippen LogP contribution in [0.2, 0.25) is 0 Å². The highest BCUT2D eigenvalue weighted by atomic mass is 127. The zero-order valence-corrected chi connectivity index (χ0v) is 14.2. The van der Waals surface area contributed by atoms with Crippen LogP contribution in [0.1, 0.15) is 33.3 Å². The van der Waals surface area contributed by atoms with Crippen molar-refractivity contribution in [3.8, 4) is 11.5 Å². The molecule has 0 saturated carbocycles. The molecule has 20 heavy (non-hydrogen) atoms. The van der Waals surface area contributed by atoms with Gasteiger partial charge in [-0.05, 0) is 61.1 Å². The number of nitrogens with one attached hydrogen (secondary N) is 1. The Labute approximate surface area is 132 Å². The molecule has 0 bridgehead atoms. The Hall–Kier alpha value is -1.31. The maximum atomic E-state index is 10.8. The van der Waals surface area contributed by atoms with E-state index in [1.54, 1.807) is 6.21 Å². The molecule has 0 spiro atoms. The summed E-state index contributed by atoms with van der Waals surface area (Å²) in [5.74, 6) is 1.21. The number of halogens is 1. The van der Waals surface area contributed by atoms with Crippen molar-refractivity contribution in [3.05, 3.63) is 21.3 Å². The number of carbonyl (C=O) groups is 1. The highest BCUT2D eigenvalue weighted by Crippen LogP contribution is 2.34. The first-order valence-electron chi connectivity index (χ1n) is 6.36. The van der Waals surface area contributed by atoms with Gasteiger partial charge in [0.2, 0.25) is 5.91 Å². The Balaban J connectivity index is 3.05. The molecule has 0 unspecified atom stereocenters. The lowest BCUT2D eigenvalue weighted by molar-refractivity contribution is -0.118. The molecule has 0 aliphatic carbocycles. The third-order valence-electron chi connectivity index (χ3n) is 2.12. The Kier molecular flexibility index (Phi) is 6.77. The Morgan fingerprint density at radius 1 is 1.50 bits per heavy atom. The first-order chi connectivity index (χ1) is 9.43. The fraction of sp³-hybridized carbons (Fsp3) is 0.429. The second kappa shape index (κ2) is 8.08. The quantitative estimate of drug-likeness (QED) is 0.462. The minimum Gasteiger partial charge on any atom is -0.490 e. The number of hydrogen-bond acceptors (Lipinski definition) is 4. The topological polar surface area (TPSA) is 59.9 Å². The molecule has 0 fully saturated rings. The molecule has 1 aromatic carbocycles. The number of amides is 1. The number of rotatable bonds is 6. The van der Waals surface area contributed by atoms with Gasteiger partial charge in [0, 0.05) is 6.92 Å². The SMILES string of the molecule is CCOc1cc(/C=N\NC(C)=O)cc(I)c1OC(C)C. The molecule has 110 valence electrons. The predicted molar refractivity (Wildman–Crippen MR) is 87.5 cm³/mol. The molecule has 0 saturated heterocycles. The van der Waals surface area contributed by atoms with Crippen LogP contribution in [-0.4, -0.2) is 24.8 Å². The Morgan fingerprint density at radius 2 is 2.20 bits per heavy atom. The maximum Gasteiger partial charge on any atom is 0.236 e. The monoisotopic (exact) mass is 390 g/mol. The fourth-order valence-electron chi connectivity index (χ4n) is 1.47. The average Bonchev–Trinajstić information content (AvgIpc) is 2.33. The number of carbonyl (C=O) groups excluding carboxylic acids is 1. The van der Waals surface area contributed by atoms with Crippen LogP contribution in [0.25, 0.3) is 0 Å². The molecule has 1 rings (SSSR count). The zero-order valence-electron chi connectivity index (χ0n) is 12.1.